The smallest absolute Gasteiger partial charge is 0.407 e. The minimum atomic E-state index is -0.507. The normalized spacial score (nSPS) is 15.8. The van der Waals surface area contributed by atoms with Gasteiger partial charge in [0.15, 0.2) is 5.96 Å². The number of hydrogen-bond donors (Lipinski definition) is 3. The zero-order valence-corrected chi connectivity index (χ0v) is 22.3. The van der Waals surface area contributed by atoms with Gasteiger partial charge in [0, 0.05) is 38.3 Å². The van der Waals surface area contributed by atoms with E-state index in [1.165, 1.54) is 5.56 Å². The molecule has 1 aromatic carbocycles. The first-order valence-corrected chi connectivity index (χ1v) is 11.0. The average Bonchev–Trinajstić information content (AvgIpc) is 2.74. The van der Waals surface area contributed by atoms with Crippen LogP contribution in [0.1, 0.15) is 46.1 Å². The fourth-order valence-electron chi connectivity index (χ4n) is 3.48. The summed E-state index contributed by atoms with van der Waals surface area (Å²) in [6.45, 7) is 11.4. The van der Waals surface area contributed by atoms with Crippen molar-refractivity contribution in [2.24, 2.45) is 4.99 Å². The van der Waals surface area contributed by atoms with Gasteiger partial charge in [0.25, 0.3) is 0 Å². The number of nitrogens with one attached hydrogen (secondary N) is 3. The van der Waals surface area contributed by atoms with Gasteiger partial charge in [-0.1, -0.05) is 12.1 Å². The van der Waals surface area contributed by atoms with Crippen LogP contribution in [0.3, 0.4) is 0 Å². The Labute approximate surface area is 209 Å². The number of rotatable bonds is 8. The molecular formula is C23H39IN4O4. The Morgan fingerprint density at radius 2 is 1.72 bits per heavy atom. The Morgan fingerprint density at radius 3 is 2.28 bits per heavy atom. The molecule has 1 heterocycles. The molecule has 0 unspecified atom stereocenters. The average molecular weight is 562 g/mol. The molecule has 0 bridgehead atoms. The highest BCUT2D eigenvalue weighted by molar-refractivity contribution is 14.0. The van der Waals surface area contributed by atoms with Crippen molar-refractivity contribution in [3.63, 3.8) is 0 Å². The molecule has 0 atom stereocenters. The van der Waals surface area contributed by atoms with Gasteiger partial charge in [-0.2, -0.15) is 0 Å². The second kappa shape index (κ2) is 13.7. The van der Waals surface area contributed by atoms with Crippen LogP contribution < -0.4 is 20.7 Å². The maximum Gasteiger partial charge on any atom is 0.407 e. The number of carbonyl (C=O) groups is 1. The fourth-order valence-corrected chi connectivity index (χ4v) is 3.48. The van der Waals surface area contributed by atoms with Crippen LogP contribution in [0, 0.1) is 0 Å². The van der Waals surface area contributed by atoms with Crippen molar-refractivity contribution in [3.8, 4) is 5.75 Å². The van der Waals surface area contributed by atoms with Crippen LogP contribution in [0.2, 0.25) is 0 Å². The van der Waals surface area contributed by atoms with Gasteiger partial charge in [0.1, 0.15) is 11.4 Å². The monoisotopic (exact) mass is 562 g/mol. The lowest BCUT2D eigenvalue weighted by Gasteiger charge is -2.36. The Balaban J connectivity index is 0.00000512. The lowest BCUT2D eigenvalue weighted by Crippen LogP contribution is -2.44. The number of amides is 1. The van der Waals surface area contributed by atoms with Crippen LogP contribution in [0.4, 0.5) is 4.79 Å². The molecule has 182 valence electrons. The number of aliphatic imine (C=N–C) groups is 1. The van der Waals surface area contributed by atoms with E-state index in [-0.39, 0.29) is 29.4 Å². The van der Waals surface area contributed by atoms with Crippen molar-refractivity contribution in [1.82, 2.24) is 16.0 Å². The molecule has 9 heteroatoms. The van der Waals surface area contributed by atoms with E-state index in [1.807, 2.05) is 39.8 Å². The van der Waals surface area contributed by atoms with Gasteiger partial charge in [-0.25, -0.2) is 4.79 Å². The summed E-state index contributed by atoms with van der Waals surface area (Å²) in [6.07, 6.45) is 1.42. The third kappa shape index (κ3) is 9.40. The molecule has 0 aliphatic carbocycles. The van der Waals surface area contributed by atoms with E-state index in [2.05, 4.69) is 28.1 Å². The topological polar surface area (TPSA) is 93.2 Å². The predicted molar refractivity (Wildman–Crippen MR) is 138 cm³/mol. The number of benzene rings is 1. The summed E-state index contributed by atoms with van der Waals surface area (Å²) < 4.78 is 16.2. The molecule has 32 heavy (non-hydrogen) atoms. The maximum atomic E-state index is 11.8. The SMILES string of the molecule is CCNC(=NCC1(c2ccc(OC)cc2)CCOCC1)NCCNC(=O)OC(C)(C)C.I. The molecule has 2 rings (SSSR count). The van der Waals surface area contributed by atoms with E-state index >= 15 is 0 Å². The van der Waals surface area contributed by atoms with E-state index in [9.17, 15) is 4.79 Å². The molecular weight excluding hydrogens is 523 g/mol. The van der Waals surface area contributed by atoms with Crippen molar-refractivity contribution < 1.29 is 19.0 Å². The predicted octanol–water partition coefficient (Wildman–Crippen LogP) is 3.44. The number of hydrogen-bond acceptors (Lipinski definition) is 5. The van der Waals surface area contributed by atoms with Crippen molar-refractivity contribution in [2.75, 3.05) is 46.5 Å². The lowest BCUT2D eigenvalue weighted by atomic mass is 9.74. The fraction of sp³-hybridized carbons (Fsp3) is 0.652. The summed E-state index contributed by atoms with van der Waals surface area (Å²) in [5.41, 5.74) is 0.678. The van der Waals surface area contributed by atoms with Gasteiger partial charge in [-0.3, -0.25) is 4.99 Å². The van der Waals surface area contributed by atoms with E-state index in [0.717, 1.165) is 44.3 Å². The Hall–Kier alpha value is -1.75. The van der Waals surface area contributed by atoms with Gasteiger partial charge in [-0.05, 0) is 58.2 Å². The molecule has 3 N–H and O–H groups in total. The van der Waals surface area contributed by atoms with Crippen LogP contribution in [0.15, 0.2) is 29.3 Å². The lowest BCUT2D eigenvalue weighted by molar-refractivity contribution is 0.0527. The van der Waals surface area contributed by atoms with Crippen LogP contribution in [-0.4, -0.2) is 64.2 Å². The molecule has 0 saturated carbocycles. The molecule has 0 aromatic heterocycles. The summed E-state index contributed by atoms with van der Waals surface area (Å²) >= 11 is 0. The second-order valence-electron chi connectivity index (χ2n) is 8.67. The minimum absolute atomic E-state index is 0. The molecule has 0 spiro atoms. The molecule has 1 fully saturated rings. The zero-order chi connectivity index (χ0) is 22.7. The first-order valence-electron chi connectivity index (χ1n) is 11.0. The number of carbonyl (C=O) groups excluding carboxylic acids is 1. The van der Waals surface area contributed by atoms with Crippen molar-refractivity contribution >= 4 is 36.0 Å². The number of halogens is 1. The number of nitrogens with zero attached hydrogens (tertiary/aromatic N) is 1. The van der Waals surface area contributed by atoms with Crippen LogP contribution in [-0.2, 0) is 14.9 Å². The number of ether oxygens (including phenoxy) is 3. The molecule has 1 aliphatic rings. The number of methoxy groups -OCH3 is 1. The summed E-state index contributed by atoms with van der Waals surface area (Å²) in [5, 5.41) is 9.31. The van der Waals surface area contributed by atoms with E-state index in [0.29, 0.717) is 19.6 Å². The third-order valence-corrected chi connectivity index (χ3v) is 5.12. The molecule has 1 amide bonds. The highest BCUT2D eigenvalue weighted by Crippen LogP contribution is 2.36. The van der Waals surface area contributed by atoms with E-state index in [4.69, 9.17) is 19.2 Å². The molecule has 1 saturated heterocycles. The summed E-state index contributed by atoms with van der Waals surface area (Å²) in [4.78, 5) is 16.6. The van der Waals surface area contributed by atoms with Gasteiger partial charge >= 0.3 is 6.09 Å². The number of guanidine groups is 1. The van der Waals surface area contributed by atoms with Gasteiger partial charge < -0.3 is 30.2 Å². The number of alkyl carbamates (subject to hydrolysis) is 1. The van der Waals surface area contributed by atoms with E-state index in [1.54, 1.807) is 7.11 Å². The second-order valence-corrected chi connectivity index (χ2v) is 8.67. The summed E-state index contributed by atoms with van der Waals surface area (Å²) in [6, 6.07) is 8.26. The van der Waals surface area contributed by atoms with Crippen molar-refractivity contribution in [2.45, 2.75) is 51.6 Å². The standard InChI is InChI=1S/C23H38N4O4.HI/c1-6-24-20(25-13-14-26-21(28)31-22(2,3)4)27-17-23(11-15-30-16-12-23)18-7-9-19(29-5)10-8-18;/h7-10H,6,11-17H2,1-5H3,(H,26,28)(H2,24,25,27);1H. The highest BCUT2D eigenvalue weighted by Gasteiger charge is 2.34. The molecule has 8 nitrogen and oxygen atoms in total. The van der Waals surface area contributed by atoms with Crippen molar-refractivity contribution in [3.05, 3.63) is 29.8 Å². The molecule has 0 radical (unpaired) electrons. The third-order valence-electron chi connectivity index (χ3n) is 5.12. The first-order chi connectivity index (χ1) is 14.8. The largest absolute Gasteiger partial charge is 0.497 e. The molecule has 1 aromatic rings. The molecule has 1 aliphatic heterocycles. The van der Waals surface area contributed by atoms with Crippen molar-refractivity contribution in [1.29, 1.82) is 0 Å². The Morgan fingerprint density at radius 1 is 1.09 bits per heavy atom. The van der Waals surface area contributed by atoms with Gasteiger partial charge in [-0.15, -0.1) is 24.0 Å². The van der Waals surface area contributed by atoms with Crippen LogP contribution >= 0.6 is 24.0 Å². The van der Waals surface area contributed by atoms with Gasteiger partial charge in [0.05, 0.1) is 13.7 Å². The summed E-state index contributed by atoms with van der Waals surface area (Å²) in [7, 11) is 1.68. The first kappa shape index (κ1) is 28.3. The zero-order valence-electron chi connectivity index (χ0n) is 20.0. The maximum absolute atomic E-state index is 11.8. The van der Waals surface area contributed by atoms with Gasteiger partial charge in [0.2, 0.25) is 0 Å². The quantitative estimate of drug-likeness (QED) is 0.195. The Kier molecular flexibility index (Phi) is 12.1. The summed E-state index contributed by atoms with van der Waals surface area (Å²) in [5.74, 6) is 1.58. The minimum Gasteiger partial charge on any atom is -0.497 e. The Bertz CT molecular complexity index is 714. The van der Waals surface area contributed by atoms with Crippen LogP contribution in [0.5, 0.6) is 5.75 Å². The van der Waals surface area contributed by atoms with E-state index < -0.39 is 11.7 Å². The van der Waals surface area contributed by atoms with Crippen LogP contribution in [0.25, 0.3) is 0 Å². The highest BCUT2D eigenvalue weighted by atomic mass is 127.